The van der Waals surface area contributed by atoms with Gasteiger partial charge in [0.25, 0.3) is 0 Å². The van der Waals surface area contributed by atoms with Crippen molar-refractivity contribution in [3.05, 3.63) is 60.7 Å². The molecule has 1 nitrogen and oxygen atoms in total. The second-order valence-corrected chi connectivity index (χ2v) is 3.57. The van der Waals surface area contributed by atoms with Gasteiger partial charge in [0.1, 0.15) is 0 Å². The molecule has 2 rings (SSSR count). The van der Waals surface area contributed by atoms with Gasteiger partial charge in [0, 0.05) is 11.3 Å². The Morgan fingerprint density at radius 3 is 2.87 bits per heavy atom. The lowest BCUT2D eigenvalue weighted by molar-refractivity contribution is 1.10. The van der Waals surface area contributed by atoms with Gasteiger partial charge in [-0.25, -0.2) is 0 Å². The van der Waals surface area contributed by atoms with Crippen molar-refractivity contribution >= 4 is 11.3 Å². The van der Waals surface area contributed by atoms with Crippen LogP contribution in [0.5, 0.6) is 0 Å². The molecular formula is C14H15N. The van der Waals surface area contributed by atoms with Gasteiger partial charge in [-0.3, -0.25) is 0 Å². The molecule has 0 saturated heterocycles. The van der Waals surface area contributed by atoms with Crippen LogP contribution in [0.1, 0.15) is 12.5 Å². The summed E-state index contributed by atoms with van der Waals surface area (Å²) >= 11 is 0. The van der Waals surface area contributed by atoms with Crippen LogP contribution in [0.25, 0.3) is 5.57 Å². The number of rotatable bonds is 2. The van der Waals surface area contributed by atoms with E-state index in [1.165, 1.54) is 16.8 Å². The van der Waals surface area contributed by atoms with Gasteiger partial charge in [-0.15, -0.1) is 6.58 Å². The molecule has 1 aromatic carbocycles. The Morgan fingerprint density at radius 2 is 2.13 bits per heavy atom. The van der Waals surface area contributed by atoms with E-state index in [2.05, 4.69) is 48.3 Å². The number of anilines is 1. The Morgan fingerprint density at radius 1 is 1.33 bits per heavy atom. The molecule has 1 aliphatic rings. The predicted octanol–water partition coefficient (Wildman–Crippen LogP) is 3.63. The van der Waals surface area contributed by atoms with Gasteiger partial charge in [-0.2, -0.15) is 0 Å². The number of para-hydroxylation sites is 1. The third-order valence-corrected chi connectivity index (χ3v) is 2.52. The summed E-state index contributed by atoms with van der Waals surface area (Å²) in [5, 5.41) is 3.41. The van der Waals surface area contributed by atoms with Crippen molar-refractivity contribution in [3.63, 3.8) is 0 Å². The molecular weight excluding hydrogens is 182 g/mol. The Hall–Kier alpha value is -1.76. The molecule has 1 unspecified atom stereocenters. The SMILES string of the molecule is C=CC1C=C(/C=C\C)c2ccccc2N1. The number of allylic oxidation sites excluding steroid dienone is 3. The van der Waals surface area contributed by atoms with E-state index in [0.717, 1.165) is 0 Å². The van der Waals surface area contributed by atoms with Crippen molar-refractivity contribution in [1.29, 1.82) is 0 Å². The summed E-state index contributed by atoms with van der Waals surface area (Å²) in [4.78, 5) is 0. The van der Waals surface area contributed by atoms with E-state index in [0.29, 0.717) is 0 Å². The molecule has 1 aliphatic heterocycles. The highest BCUT2D eigenvalue weighted by molar-refractivity contribution is 5.85. The van der Waals surface area contributed by atoms with Gasteiger partial charge in [0.15, 0.2) is 0 Å². The minimum Gasteiger partial charge on any atom is -0.375 e. The van der Waals surface area contributed by atoms with E-state index in [4.69, 9.17) is 0 Å². The molecule has 1 heterocycles. The molecule has 0 radical (unpaired) electrons. The summed E-state index contributed by atoms with van der Waals surface area (Å²) in [6, 6.07) is 8.57. The molecule has 0 aliphatic carbocycles. The van der Waals surface area contributed by atoms with Crippen molar-refractivity contribution in [1.82, 2.24) is 0 Å². The minimum absolute atomic E-state index is 0.228. The highest BCUT2D eigenvalue weighted by Crippen LogP contribution is 2.30. The third kappa shape index (κ3) is 1.86. The molecule has 1 aromatic rings. The molecule has 0 fully saturated rings. The highest BCUT2D eigenvalue weighted by Gasteiger charge is 2.13. The Kier molecular flexibility index (Phi) is 2.72. The van der Waals surface area contributed by atoms with Crippen molar-refractivity contribution in [2.45, 2.75) is 13.0 Å². The van der Waals surface area contributed by atoms with Crippen LogP contribution in [0.2, 0.25) is 0 Å². The van der Waals surface area contributed by atoms with Gasteiger partial charge in [0.05, 0.1) is 6.04 Å². The largest absolute Gasteiger partial charge is 0.375 e. The molecule has 0 aromatic heterocycles. The average molecular weight is 197 g/mol. The zero-order chi connectivity index (χ0) is 10.7. The molecule has 1 heteroatoms. The normalized spacial score (nSPS) is 19.3. The zero-order valence-electron chi connectivity index (χ0n) is 8.90. The molecule has 0 amide bonds. The van der Waals surface area contributed by atoms with E-state index < -0.39 is 0 Å². The van der Waals surface area contributed by atoms with E-state index in [9.17, 15) is 0 Å². The Labute approximate surface area is 90.8 Å². The number of benzene rings is 1. The number of fused-ring (bicyclic) bond motifs is 1. The fraction of sp³-hybridized carbons (Fsp3) is 0.143. The lowest BCUT2D eigenvalue weighted by Gasteiger charge is -2.23. The van der Waals surface area contributed by atoms with E-state index >= 15 is 0 Å². The van der Waals surface area contributed by atoms with Gasteiger partial charge in [-0.1, -0.05) is 42.5 Å². The first-order valence-electron chi connectivity index (χ1n) is 5.18. The average Bonchev–Trinajstić information content (AvgIpc) is 2.29. The van der Waals surface area contributed by atoms with Crippen molar-refractivity contribution in [2.24, 2.45) is 0 Å². The maximum absolute atomic E-state index is 3.82. The van der Waals surface area contributed by atoms with E-state index in [-0.39, 0.29) is 6.04 Å². The number of hydrogen-bond acceptors (Lipinski definition) is 1. The molecule has 1 atom stereocenters. The number of nitrogens with one attached hydrogen (secondary N) is 1. The van der Waals surface area contributed by atoms with Gasteiger partial charge < -0.3 is 5.32 Å². The summed E-state index contributed by atoms with van der Waals surface area (Å²) in [6.45, 7) is 5.86. The van der Waals surface area contributed by atoms with Gasteiger partial charge in [0.2, 0.25) is 0 Å². The first-order chi connectivity index (χ1) is 7.35. The molecule has 15 heavy (non-hydrogen) atoms. The van der Waals surface area contributed by atoms with Crippen molar-refractivity contribution in [2.75, 3.05) is 5.32 Å². The summed E-state index contributed by atoms with van der Waals surface area (Å²) < 4.78 is 0. The molecule has 76 valence electrons. The van der Waals surface area contributed by atoms with Crippen LogP contribution in [0.3, 0.4) is 0 Å². The van der Waals surface area contributed by atoms with Gasteiger partial charge >= 0.3 is 0 Å². The van der Waals surface area contributed by atoms with E-state index in [1.807, 2.05) is 19.1 Å². The maximum Gasteiger partial charge on any atom is 0.0635 e. The summed E-state index contributed by atoms with van der Waals surface area (Å²) in [5.74, 6) is 0. The number of hydrogen-bond donors (Lipinski definition) is 1. The van der Waals surface area contributed by atoms with Gasteiger partial charge in [-0.05, 0) is 18.6 Å². The molecule has 1 N–H and O–H groups in total. The zero-order valence-corrected chi connectivity index (χ0v) is 8.90. The smallest absolute Gasteiger partial charge is 0.0635 e. The molecule has 0 saturated carbocycles. The van der Waals surface area contributed by atoms with Crippen molar-refractivity contribution in [3.8, 4) is 0 Å². The lowest BCUT2D eigenvalue weighted by Crippen LogP contribution is -2.18. The minimum atomic E-state index is 0.228. The van der Waals surface area contributed by atoms with Crippen LogP contribution in [-0.2, 0) is 0 Å². The topological polar surface area (TPSA) is 12.0 Å². The second-order valence-electron chi connectivity index (χ2n) is 3.57. The Balaban J connectivity index is 2.49. The fourth-order valence-electron chi connectivity index (χ4n) is 1.82. The van der Waals surface area contributed by atoms with Crippen LogP contribution in [0.4, 0.5) is 5.69 Å². The Bertz CT molecular complexity index is 427. The fourth-order valence-corrected chi connectivity index (χ4v) is 1.82. The van der Waals surface area contributed by atoms with E-state index in [1.54, 1.807) is 0 Å². The first-order valence-corrected chi connectivity index (χ1v) is 5.18. The first kappa shape index (κ1) is 9.78. The summed E-state index contributed by atoms with van der Waals surface area (Å²) in [7, 11) is 0. The predicted molar refractivity (Wildman–Crippen MR) is 66.8 cm³/mol. The van der Waals surface area contributed by atoms with Crippen LogP contribution in [0.15, 0.2) is 55.1 Å². The lowest BCUT2D eigenvalue weighted by atomic mass is 9.96. The van der Waals surface area contributed by atoms with Crippen LogP contribution < -0.4 is 5.32 Å². The quantitative estimate of drug-likeness (QED) is 0.714. The molecule has 0 bridgehead atoms. The monoisotopic (exact) mass is 197 g/mol. The standard InChI is InChI=1S/C14H15N/c1-3-7-11-10-12(4-2)15-14-9-6-5-8-13(11)14/h3-10,12,15H,2H2,1H3/b7-3-. The second kappa shape index (κ2) is 4.18. The van der Waals surface area contributed by atoms with Crippen LogP contribution in [0, 0.1) is 0 Å². The summed E-state index contributed by atoms with van der Waals surface area (Å²) in [5.41, 5.74) is 3.70. The van der Waals surface area contributed by atoms with Crippen LogP contribution in [-0.4, -0.2) is 6.04 Å². The highest BCUT2D eigenvalue weighted by atomic mass is 14.9. The maximum atomic E-state index is 3.82. The van der Waals surface area contributed by atoms with Crippen LogP contribution >= 0.6 is 0 Å². The third-order valence-electron chi connectivity index (χ3n) is 2.52. The summed E-state index contributed by atoms with van der Waals surface area (Å²) in [6.07, 6.45) is 8.30. The van der Waals surface area contributed by atoms with Crippen molar-refractivity contribution < 1.29 is 0 Å². The molecule has 0 spiro atoms.